The number of aromatic nitrogens is 3. The summed E-state index contributed by atoms with van der Waals surface area (Å²) in [7, 11) is -1.01. The fraction of sp³-hybridized carbons (Fsp3) is 0.143. The first kappa shape index (κ1) is 13.1. The molecule has 1 unspecified atom stereocenters. The van der Waals surface area contributed by atoms with Gasteiger partial charge in [0, 0.05) is 36.1 Å². The minimum Gasteiger partial charge on any atom is -0.297 e. The second-order valence-corrected chi connectivity index (χ2v) is 8.40. The zero-order valence-corrected chi connectivity index (χ0v) is 13.6. The molecule has 4 rings (SSSR count). The van der Waals surface area contributed by atoms with Gasteiger partial charge < -0.3 is 0 Å². The Morgan fingerprint density at radius 1 is 1.33 bits per heavy atom. The van der Waals surface area contributed by atoms with Crippen LogP contribution in [0.1, 0.15) is 10.4 Å². The van der Waals surface area contributed by atoms with Crippen LogP contribution in [0.2, 0.25) is 0 Å². The van der Waals surface area contributed by atoms with Gasteiger partial charge in [0.2, 0.25) is 0 Å². The van der Waals surface area contributed by atoms with Crippen molar-refractivity contribution in [3.05, 3.63) is 47.2 Å². The van der Waals surface area contributed by atoms with Crippen LogP contribution in [-0.4, -0.2) is 24.8 Å². The van der Waals surface area contributed by atoms with Gasteiger partial charge >= 0.3 is 0 Å². The quantitative estimate of drug-likeness (QED) is 0.578. The molecule has 0 spiro atoms. The topological polar surface area (TPSA) is 47.3 Å². The Kier molecular flexibility index (Phi) is 3.13. The molecule has 4 nitrogen and oxygen atoms in total. The van der Waals surface area contributed by atoms with Gasteiger partial charge in [-0.05, 0) is 17.7 Å². The van der Waals surface area contributed by atoms with Gasteiger partial charge in [0.25, 0.3) is 0 Å². The maximum atomic E-state index is 11.5. The Labute approximate surface area is 131 Å². The van der Waals surface area contributed by atoms with E-state index in [4.69, 9.17) is 0 Å². The fourth-order valence-electron chi connectivity index (χ4n) is 2.24. The summed E-state index contributed by atoms with van der Waals surface area (Å²) in [5, 5.41) is 0. The first-order valence-corrected chi connectivity index (χ1v) is 9.52. The summed E-state index contributed by atoms with van der Waals surface area (Å²) in [5.41, 5.74) is 2.17. The smallest absolute Gasteiger partial charge is 0.193 e. The molecule has 106 valence electrons. The van der Waals surface area contributed by atoms with Crippen LogP contribution in [0, 0.1) is 0 Å². The second-order valence-electron chi connectivity index (χ2n) is 4.73. The first-order valence-electron chi connectivity index (χ1n) is 6.33. The number of benzene rings is 1. The number of rotatable bonds is 3. The molecule has 3 aromatic heterocycles. The summed E-state index contributed by atoms with van der Waals surface area (Å²) in [6.45, 7) is 0. The van der Waals surface area contributed by atoms with E-state index in [-0.39, 0.29) is 0 Å². The summed E-state index contributed by atoms with van der Waals surface area (Å²) in [5.74, 6) is 0. The summed E-state index contributed by atoms with van der Waals surface area (Å²) < 4.78 is 15.3. The van der Waals surface area contributed by atoms with Crippen molar-refractivity contribution in [3.8, 4) is 0 Å². The summed E-state index contributed by atoms with van der Waals surface area (Å²) in [6.07, 6.45) is 8.44. The number of hydrogen-bond acceptors (Lipinski definition) is 5. The van der Waals surface area contributed by atoms with E-state index in [9.17, 15) is 4.21 Å². The monoisotopic (exact) mass is 333 g/mol. The predicted octanol–water partition coefficient (Wildman–Crippen LogP) is 3.33. The SMILES string of the molecule is CS(=O)c1nc2ccc(Cc3cn4ccnc4s3)cc2s1. The Bertz CT molecular complexity index is 938. The van der Waals surface area contributed by atoms with Crippen molar-refractivity contribution in [2.75, 3.05) is 6.26 Å². The van der Waals surface area contributed by atoms with Gasteiger partial charge in [0.1, 0.15) is 0 Å². The molecule has 0 amide bonds. The zero-order valence-electron chi connectivity index (χ0n) is 11.1. The van der Waals surface area contributed by atoms with Crippen molar-refractivity contribution in [1.82, 2.24) is 14.4 Å². The summed E-state index contributed by atoms with van der Waals surface area (Å²) >= 11 is 3.22. The Morgan fingerprint density at radius 3 is 3.05 bits per heavy atom. The molecule has 0 saturated heterocycles. The highest BCUT2D eigenvalue weighted by Gasteiger charge is 2.09. The van der Waals surface area contributed by atoms with Crippen molar-refractivity contribution in [2.24, 2.45) is 0 Å². The molecule has 0 aliphatic heterocycles. The van der Waals surface area contributed by atoms with Crippen LogP contribution in [0.3, 0.4) is 0 Å². The fourth-order valence-corrected chi connectivity index (χ4v) is 4.94. The van der Waals surface area contributed by atoms with E-state index in [1.165, 1.54) is 21.8 Å². The maximum absolute atomic E-state index is 11.5. The third-order valence-electron chi connectivity index (χ3n) is 3.20. The molecule has 0 bridgehead atoms. The maximum Gasteiger partial charge on any atom is 0.193 e. The molecule has 4 aromatic rings. The van der Waals surface area contributed by atoms with E-state index in [0.717, 1.165) is 21.6 Å². The van der Waals surface area contributed by atoms with Gasteiger partial charge in [-0.15, -0.1) is 22.7 Å². The number of nitrogens with zero attached hydrogens (tertiary/aromatic N) is 3. The van der Waals surface area contributed by atoms with Crippen molar-refractivity contribution in [3.63, 3.8) is 0 Å². The third kappa shape index (κ3) is 2.41. The Balaban J connectivity index is 1.69. The highest BCUT2D eigenvalue weighted by Crippen LogP contribution is 2.27. The third-order valence-corrected chi connectivity index (χ3v) is 6.56. The molecule has 21 heavy (non-hydrogen) atoms. The Hall–Kier alpha value is -1.57. The van der Waals surface area contributed by atoms with E-state index in [0.29, 0.717) is 4.34 Å². The van der Waals surface area contributed by atoms with E-state index in [1.807, 2.05) is 22.9 Å². The molecular weight excluding hydrogens is 322 g/mol. The van der Waals surface area contributed by atoms with Crippen molar-refractivity contribution in [1.29, 1.82) is 0 Å². The molecule has 0 radical (unpaired) electrons. The number of fused-ring (bicyclic) bond motifs is 2. The lowest BCUT2D eigenvalue weighted by Gasteiger charge is -1.97. The normalized spacial score (nSPS) is 13.2. The van der Waals surface area contributed by atoms with Crippen molar-refractivity contribution < 1.29 is 4.21 Å². The van der Waals surface area contributed by atoms with Crippen LogP contribution < -0.4 is 0 Å². The minimum absolute atomic E-state index is 0.691. The lowest BCUT2D eigenvalue weighted by Crippen LogP contribution is -1.85. The van der Waals surface area contributed by atoms with Gasteiger partial charge in [-0.2, -0.15) is 0 Å². The molecule has 1 aromatic carbocycles. The largest absolute Gasteiger partial charge is 0.297 e. The van der Waals surface area contributed by atoms with Gasteiger partial charge in [-0.25, -0.2) is 9.97 Å². The lowest BCUT2D eigenvalue weighted by molar-refractivity contribution is 0.686. The van der Waals surface area contributed by atoms with Crippen LogP contribution >= 0.6 is 22.7 Å². The number of thiazole rings is 2. The molecule has 1 atom stereocenters. The molecule has 0 aliphatic rings. The number of hydrogen-bond donors (Lipinski definition) is 0. The molecule has 0 fully saturated rings. The van der Waals surface area contributed by atoms with Crippen molar-refractivity contribution >= 4 is 48.7 Å². The van der Waals surface area contributed by atoms with Gasteiger partial charge in [-0.1, -0.05) is 6.07 Å². The van der Waals surface area contributed by atoms with E-state index >= 15 is 0 Å². The highest BCUT2D eigenvalue weighted by molar-refractivity contribution is 7.86. The van der Waals surface area contributed by atoms with E-state index in [1.54, 1.807) is 17.6 Å². The lowest BCUT2D eigenvalue weighted by atomic mass is 10.1. The van der Waals surface area contributed by atoms with Crippen LogP contribution in [0.15, 0.2) is 41.1 Å². The molecule has 0 N–H and O–H groups in total. The second kappa shape index (κ2) is 5.01. The van der Waals surface area contributed by atoms with Crippen LogP contribution in [0.4, 0.5) is 0 Å². The standard InChI is InChI=1S/C14H11N3OS3/c1-21(18)14-16-11-3-2-9(7-12(11)20-14)6-10-8-17-5-4-15-13(17)19-10/h2-5,7-8H,6H2,1H3. The molecule has 3 heterocycles. The highest BCUT2D eigenvalue weighted by atomic mass is 32.2. The summed E-state index contributed by atoms with van der Waals surface area (Å²) in [6, 6.07) is 6.25. The van der Waals surface area contributed by atoms with Crippen LogP contribution in [0.5, 0.6) is 0 Å². The Morgan fingerprint density at radius 2 is 2.24 bits per heavy atom. The average molecular weight is 333 g/mol. The molecular formula is C14H11N3OS3. The van der Waals surface area contributed by atoms with Crippen LogP contribution in [0.25, 0.3) is 15.2 Å². The van der Waals surface area contributed by atoms with E-state index < -0.39 is 10.8 Å². The van der Waals surface area contributed by atoms with Crippen molar-refractivity contribution in [2.45, 2.75) is 10.8 Å². The molecule has 0 saturated carbocycles. The van der Waals surface area contributed by atoms with Gasteiger partial charge in [0.15, 0.2) is 9.30 Å². The van der Waals surface area contributed by atoms with Gasteiger partial charge in [0.05, 0.1) is 21.0 Å². The number of imidazole rings is 1. The van der Waals surface area contributed by atoms with E-state index in [2.05, 4.69) is 28.3 Å². The molecule has 0 aliphatic carbocycles. The average Bonchev–Trinajstić information content (AvgIpc) is 3.10. The first-order chi connectivity index (χ1) is 10.2. The van der Waals surface area contributed by atoms with Gasteiger partial charge in [-0.3, -0.25) is 8.61 Å². The van der Waals surface area contributed by atoms with Crippen LogP contribution in [-0.2, 0) is 17.2 Å². The predicted molar refractivity (Wildman–Crippen MR) is 87.8 cm³/mol. The molecule has 7 heteroatoms. The minimum atomic E-state index is -1.01. The zero-order chi connectivity index (χ0) is 14.4. The summed E-state index contributed by atoms with van der Waals surface area (Å²) in [4.78, 5) is 11.0.